The summed E-state index contributed by atoms with van der Waals surface area (Å²) in [4.78, 5) is 23.1. The maximum Gasteiger partial charge on any atom is 0.328 e. The molecule has 13 nitrogen and oxygen atoms in total. The second-order valence-corrected chi connectivity index (χ2v) is 10.7. The minimum Gasteiger partial charge on any atom is -0.497 e. The molecule has 0 atom stereocenters. The highest BCUT2D eigenvalue weighted by molar-refractivity contribution is 5.99. The van der Waals surface area contributed by atoms with Gasteiger partial charge in [-0.1, -0.05) is 12.1 Å². The molecule has 13 heteroatoms. The largest absolute Gasteiger partial charge is 0.497 e. The van der Waals surface area contributed by atoms with Crippen LogP contribution in [0.25, 0.3) is 11.1 Å². The van der Waals surface area contributed by atoms with Gasteiger partial charge in [-0.15, -0.1) is 0 Å². The van der Waals surface area contributed by atoms with Crippen LogP contribution in [0.15, 0.2) is 78.9 Å². The predicted molar refractivity (Wildman–Crippen MR) is 200 cm³/mol. The van der Waals surface area contributed by atoms with Crippen LogP contribution in [-0.2, 0) is 9.59 Å². The number of ether oxygens (including phenoxy) is 9. The minimum absolute atomic E-state index is 0.450. The number of hydrogen-bond acceptors (Lipinski definition) is 11. The van der Waals surface area contributed by atoms with Crippen LogP contribution in [0, 0.1) is 0 Å². The van der Waals surface area contributed by atoms with Crippen molar-refractivity contribution in [1.29, 1.82) is 0 Å². The number of primary amides is 1. The molecule has 0 saturated heterocycles. The Bertz CT molecular complexity index is 1900. The lowest BCUT2D eigenvalue weighted by molar-refractivity contribution is -0.131. The summed E-state index contributed by atoms with van der Waals surface area (Å²) in [6.45, 7) is 2.32. The molecule has 0 bridgehead atoms. The number of carbonyl (C=O) groups excluding carboxylic acids is 1. The van der Waals surface area contributed by atoms with Gasteiger partial charge in [-0.2, -0.15) is 0 Å². The first kappa shape index (κ1) is 40.9. The first-order valence-electron chi connectivity index (χ1n) is 16.0. The van der Waals surface area contributed by atoms with Crippen molar-refractivity contribution in [3.63, 3.8) is 0 Å². The number of carbonyl (C=O) groups is 2. The molecular formula is C40H45NO12. The molecule has 0 aliphatic rings. The van der Waals surface area contributed by atoms with E-state index >= 15 is 0 Å². The van der Waals surface area contributed by atoms with Crippen molar-refractivity contribution in [3.8, 4) is 51.7 Å². The van der Waals surface area contributed by atoms with Crippen molar-refractivity contribution in [1.82, 2.24) is 0 Å². The van der Waals surface area contributed by atoms with E-state index in [1.165, 1.54) is 41.6 Å². The van der Waals surface area contributed by atoms with Crippen LogP contribution in [0.5, 0.6) is 51.7 Å². The topological polar surface area (TPSA) is 163 Å². The summed E-state index contributed by atoms with van der Waals surface area (Å²) in [7, 11) is 12.3. The third kappa shape index (κ3) is 10.5. The zero-order chi connectivity index (χ0) is 39.1. The van der Waals surface area contributed by atoms with Crippen LogP contribution in [-0.4, -0.2) is 80.5 Å². The molecule has 0 aromatic heterocycles. The van der Waals surface area contributed by atoms with E-state index in [0.717, 1.165) is 6.08 Å². The fourth-order valence-corrected chi connectivity index (χ4v) is 5.22. The Morgan fingerprint density at radius 1 is 0.528 bits per heavy atom. The number of amides is 1. The number of aliphatic carboxylic acids is 1. The normalized spacial score (nSPS) is 11.0. The fourth-order valence-electron chi connectivity index (χ4n) is 5.22. The summed E-state index contributed by atoms with van der Waals surface area (Å²) in [5.41, 5.74) is 9.21. The fraction of sp³-hybridized carbons (Fsp3) is 0.250. The van der Waals surface area contributed by atoms with Crippen molar-refractivity contribution >= 4 is 23.0 Å². The molecule has 0 spiro atoms. The van der Waals surface area contributed by atoms with Crippen molar-refractivity contribution < 1.29 is 57.3 Å². The van der Waals surface area contributed by atoms with Gasteiger partial charge in [-0.25, -0.2) is 4.79 Å². The molecule has 0 aliphatic carbocycles. The van der Waals surface area contributed by atoms with Crippen molar-refractivity contribution in [2.24, 2.45) is 5.73 Å². The number of methoxy groups -OCH3 is 8. The maximum absolute atomic E-state index is 11.7. The van der Waals surface area contributed by atoms with Gasteiger partial charge in [0, 0.05) is 18.2 Å². The highest BCUT2D eigenvalue weighted by Crippen LogP contribution is 2.42. The maximum atomic E-state index is 11.7. The Balaban J connectivity index is 0.000000287. The third-order valence-corrected chi connectivity index (χ3v) is 7.67. The van der Waals surface area contributed by atoms with Crippen LogP contribution in [0.1, 0.15) is 29.2 Å². The number of nitrogens with two attached hydrogens (primary N) is 1. The lowest BCUT2D eigenvalue weighted by atomic mass is 9.96. The highest BCUT2D eigenvalue weighted by Gasteiger charge is 2.19. The van der Waals surface area contributed by atoms with Gasteiger partial charge in [0.15, 0.2) is 34.5 Å². The van der Waals surface area contributed by atoms with Gasteiger partial charge in [0.05, 0.1) is 63.5 Å². The molecule has 53 heavy (non-hydrogen) atoms. The van der Waals surface area contributed by atoms with E-state index in [4.69, 9.17) is 48.4 Å². The van der Waals surface area contributed by atoms with Crippen LogP contribution < -0.4 is 48.4 Å². The molecule has 3 N–H and O–H groups in total. The number of benzene rings is 4. The van der Waals surface area contributed by atoms with E-state index in [2.05, 4.69) is 0 Å². The van der Waals surface area contributed by atoms with Gasteiger partial charge in [-0.05, 0) is 88.9 Å². The van der Waals surface area contributed by atoms with Gasteiger partial charge in [0.1, 0.15) is 11.5 Å². The summed E-state index contributed by atoms with van der Waals surface area (Å²) >= 11 is 0. The SMILES string of the molecule is CCOc1c(OC)cc(/C(=C\C(N)=O)c2ccc(OC)c(OC)c2)cc1OC.COc1cc(OC)cc(/C(=C/C(=O)O)c2ccc(OC)c(OC)c2)c1. The Labute approximate surface area is 309 Å². The Morgan fingerprint density at radius 3 is 1.28 bits per heavy atom. The molecule has 0 saturated carbocycles. The van der Waals surface area contributed by atoms with E-state index in [-0.39, 0.29) is 0 Å². The Kier molecular flexibility index (Phi) is 15.3. The first-order chi connectivity index (χ1) is 25.5. The average Bonchev–Trinajstić information content (AvgIpc) is 3.18. The van der Waals surface area contributed by atoms with Crippen LogP contribution >= 0.6 is 0 Å². The van der Waals surface area contributed by atoms with Crippen molar-refractivity contribution in [2.75, 3.05) is 63.5 Å². The lowest BCUT2D eigenvalue weighted by Gasteiger charge is -2.17. The molecule has 282 valence electrons. The molecule has 0 fully saturated rings. The van der Waals surface area contributed by atoms with E-state index in [1.807, 2.05) is 13.0 Å². The number of hydrogen-bond donors (Lipinski definition) is 2. The summed E-state index contributed by atoms with van der Waals surface area (Å²) in [6, 6.07) is 19.3. The molecule has 0 aliphatic heterocycles. The molecule has 4 aromatic rings. The van der Waals surface area contributed by atoms with Gasteiger partial charge in [-0.3, -0.25) is 4.79 Å². The van der Waals surface area contributed by atoms with Gasteiger partial charge in [0.2, 0.25) is 11.7 Å². The number of rotatable bonds is 16. The molecule has 4 aromatic carbocycles. The van der Waals surface area contributed by atoms with Crippen LogP contribution in [0.2, 0.25) is 0 Å². The number of carboxylic acid groups (broad SMARTS) is 1. The van der Waals surface area contributed by atoms with Gasteiger partial charge >= 0.3 is 5.97 Å². The second kappa shape index (κ2) is 19.8. The predicted octanol–water partition coefficient (Wildman–Crippen LogP) is 6.27. The average molecular weight is 732 g/mol. The highest BCUT2D eigenvalue weighted by atomic mass is 16.5. The summed E-state index contributed by atoms with van der Waals surface area (Å²) in [5.74, 6) is 3.09. The molecule has 4 rings (SSSR count). The van der Waals surface area contributed by atoms with Gasteiger partial charge < -0.3 is 53.5 Å². The van der Waals surface area contributed by atoms with Crippen LogP contribution in [0.4, 0.5) is 0 Å². The molecule has 0 unspecified atom stereocenters. The summed E-state index contributed by atoms with van der Waals surface area (Å²) in [6.07, 6.45) is 2.48. The molecule has 0 radical (unpaired) electrons. The number of carboxylic acids is 1. The van der Waals surface area contributed by atoms with Crippen molar-refractivity contribution in [2.45, 2.75) is 6.92 Å². The summed E-state index contributed by atoms with van der Waals surface area (Å²) < 4.78 is 48.3. The Morgan fingerprint density at radius 2 is 0.925 bits per heavy atom. The monoisotopic (exact) mass is 731 g/mol. The van der Waals surface area contributed by atoms with E-state index in [9.17, 15) is 14.7 Å². The smallest absolute Gasteiger partial charge is 0.328 e. The van der Waals surface area contributed by atoms with Gasteiger partial charge in [0.25, 0.3) is 0 Å². The Hall–Kier alpha value is -6.50. The first-order valence-corrected chi connectivity index (χ1v) is 16.0. The molecule has 0 heterocycles. The molecule has 1 amide bonds. The van der Waals surface area contributed by atoms with E-state index in [0.29, 0.717) is 91.8 Å². The standard InChI is InChI=1S/C21H25NO6.C19H20O6/c1-6-28-21-18(26-4)10-14(11-19(21)27-5)15(12-20(22)23)13-7-8-16(24-2)17(9-13)25-3;1-22-14-7-13(8-15(10-14)23-2)16(11-19(20)21)12-5-6-17(24-3)18(9-12)25-4/h7-12H,6H2,1-5H3,(H2,22,23);5-11H,1-4H3,(H,20,21)/b15-12-;16-11+. The quantitative estimate of drug-likeness (QED) is 0.124. The second-order valence-electron chi connectivity index (χ2n) is 10.7. The zero-order valence-electron chi connectivity index (χ0n) is 31.2. The summed E-state index contributed by atoms with van der Waals surface area (Å²) in [5, 5.41) is 9.29. The van der Waals surface area contributed by atoms with E-state index < -0.39 is 11.9 Å². The lowest BCUT2D eigenvalue weighted by Crippen LogP contribution is -2.08. The minimum atomic E-state index is -1.06. The van der Waals surface area contributed by atoms with E-state index in [1.54, 1.807) is 82.0 Å². The van der Waals surface area contributed by atoms with Crippen LogP contribution in [0.3, 0.4) is 0 Å². The third-order valence-electron chi connectivity index (χ3n) is 7.67. The van der Waals surface area contributed by atoms with Crippen molar-refractivity contribution in [3.05, 3.63) is 101 Å². The zero-order valence-corrected chi connectivity index (χ0v) is 31.2. The molecular weight excluding hydrogens is 686 g/mol.